The Labute approximate surface area is 253 Å². The molecule has 0 saturated heterocycles. The fraction of sp³-hybridized carbons (Fsp3) is 0.235. The first-order valence-electron chi connectivity index (χ1n) is 14.2. The molecule has 4 rings (SSSR count). The third kappa shape index (κ3) is 8.08. The lowest BCUT2D eigenvalue weighted by Crippen LogP contribution is -2.53. The van der Waals surface area contributed by atoms with Crippen LogP contribution in [0.3, 0.4) is 0 Å². The third-order valence-corrected chi connectivity index (χ3v) is 8.81. The van der Waals surface area contributed by atoms with Crippen molar-refractivity contribution < 1.29 is 22.4 Å². The molecule has 0 saturated carbocycles. The largest absolute Gasteiger partial charge is 0.354 e. The van der Waals surface area contributed by atoms with Crippen molar-refractivity contribution in [2.45, 2.75) is 44.2 Å². The number of aryl methyl sites for hydroxylation is 1. The second-order valence-corrected chi connectivity index (χ2v) is 12.1. The van der Waals surface area contributed by atoms with Gasteiger partial charge in [-0.05, 0) is 54.8 Å². The topological polar surface area (TPSA) is 86.8 Å². The van der Waals surface area contributed by atoms with Gasteiger partial charge in [-0.25, -0.2) is 12.8 Å². The molecule has 0 heterocycles. The van der Waals surface area contributed by atoms with E-state index in [0.717, 1.165) is 15.4 Å². The number of sulfonamides is 1. The molecular formula is C34H36FN3O4S. The first-order valence-corrected chi connectivity index (χ1v) is 15.6. The molecule has 4 aromatic carbocycles. The lowest BCUT2D eigenvalue weighted by Gasteiger charge is -2.34. The Bertz CT molecular complexity index is 1630. The summed E-state index contributed by atoms with van der Waals surface area (Å²) in [7, 11) is -4.19. The predicted molar refractivity (Wildman–Crippen MR) is 166 cm³/mol. The van der Waals surface area contributed by atoms with Crippen molar-refractivity contribution in [3.63, 3.8) is 0 Å². The van der Waals surface area contributed by atoms with Crippen LogP contribution in [0.25, 0.3) is 0 Å². The summed E-state index contributed by atoms with van der Waals surface area (Å²) in [4.78, 5) is 29.3. The van der Waals surface area contributed by atoms with E-state index in [-0.39, 0.29) is 23.4 Å². The van der Waals surface area contributed by atoms with Gasteiger partial charge >= 0.3 is 0 Å². The molecule has 7 nitrogen and oxygen atoms in total. The fourth-order valence-electron chi connectivity index (χ4n) is 4.76. The van der Waals surface area contributed by atoms with Gasteiger partial charge < -0.3 is 10.2 Å². The summed E-state index contributed by atoms with van der Waals surface area (Å²) in [6, 6.07) is 29.0. The molecule has 224 valence electrons. The van der Waals surface area contributed by atoms with Crippen molar-refractivity contribution in [1.29, 1.82) is 0 Å². The van der Waals surface area contributed by atoms with E-state index in [2.05, 4.69) is 5.32 Å². The van der Waals surface area contributed by atoms with E-state index in [0.29, 0.717) is 18.7 Å². The zero-order valence-electron chi connectivity index (χ0n) is 24.3. The summed E-state index contributed by atoms with van der Waals surface area (Å²) in [6.07, 6.45) is 0.841. The summed E-state index contributed by atoms with van der Waals surface area (Å²) >= 11 is 0. The number of amides is 2. The summed E-state index contributed by atoms with van der Waals surface area (Å²) in [6.45, 7) is 3.32. The van der Waals surface area contributed by atoms with E-state index < -0.39 is 40.2 Å². The number of hydrogen-bond donors (Lipinski definition) is 1. The minimum Gasteiger partial charge on any atom is -0.354 e. The Morgan fingerprint density at radius 1 is 0.860 bits per heavy atom. The number of carbonyl (C=O) groups excluding carboxylic acids is 2. The summed E-state index contributed by atoms with van der Waals surface area (Å²) in [5.41, 5.74) is 2.13. The van der Waals surface area contributed by atoms with Crippen molar-refractivity contribution in [1.82, 2.24) is 10.2 Å². The molecule has 0 fully saturated rings. The summed E-state index contributed by atoms with van der Waals surface area (Å²) in [5, 5.41) is 2.88. The minimum absolute atomic E-state index is 0.0199. The maximum Gasteiger partial charge on any atom is 0.264 e. The van der Waals surface area contributed by atoms with Gasteiger partial charge in [-0.2, -0.15) is 0 Å². The average molecular weight is 602 g/mol. The predicted octanol–water partition coefficient (Wildman–Crippen LogP) is 5.50. The molecule has 0 aliphatic rings. The molecule has 43 heavy (non-hydrogen) atoms. The molecule has 9 heteroatoms. The zero-order valence-corrected chi connectivity index (χ0v) is 25.1. The molecule has 0 unspecified atom stereocenters. The lowest BCUT2D eigenvalue weighted by molar-refractivity contribution is -0.140. The summed E-state index contributed by atoms with van der Waals surface area (Å²) < 4.78 is 43.9. The van der Waals surface area contributed by atoms with Crippen molar-refractivity contribution in [3.05, 3.63) is 132 Å². The van der Waals surface area contributed by atoms with Gasteiger partial charge in [0.05, 0.1) is 10.6 Å². The van der Waals surface area contributed by atoms with Gasteiger partial charge in [-0.15, -0.1) is 0 Å². The van der Waals surface area contributed by atoms with Gasteiger partial charge in [0.2, 0.25) is 11.8 Å². The van der Waals surface area contributed by atoms with Crippen LogP contribution in [-0.4, -0.2) is 44.3 Å². The highest BCUT2D eigenvalue weighted by atomic mass is 32.2. The Morgan fingerprint density at radius 2 is 1.51 bits per heavy atom. The van der Waals surface area contributed by atoms with Gasteiger partial charge in [0.25, 0.3) is 10.0 Å². The van der Waals surface area contributed by atoms with E-state index in [9.17, 15) is 22.4 Å². The Hall–Kier alpha value is -4.50. The van der Waals surface area contributed by atoms with Crippen molar-refractivity contribution in [2.24, 2.45) is 0 Å². The van der Waals surface area contributed by atoms with Crippen molar-refractivity contribution in [3.8, 4) is 0 Å². The van der Waals surface area contributed by atoms with Crippen LogP contribution in [0.4, 0.5) is 10.1 Å². The van der Waals surface area contributed by atoms with Crippen LogP contribution in [0.2, 0.25) is 0 Å². The first-order chi connectivity index (χ1) is 20.7. The van der Waals surface area contributed by atoms with Crippen molar-refractivity contribution in [2.75, 3.05) is 17.4 Å². The SMILES string of the molecule is CCCNC(=O)[C@H](Cc1ccccc1)N(Cc1ccccc1F)C(=O)CN(c1cccc(C)c1)S(=O)(=O)c1ccccc1. The first kappa shape index (κ1) is 31.4. The molecule has 0 aliphatic heterocycles. The minimum atomic E-state index is -4.19. The Balaban J connectivity index is 1.80. The lowest BCUT2D eigenvalue weighted by atomic mass is 10.0. The van der Waals surface area contributed by atoms with Crippen LogP contribution >= 0.6 is 0 Å². The van der Waals surface area contributed by atoms with Gasteiger partial charge in [0.1, 0.15) is 18.4 Å². The Kier molecular flexibility index (Phi) is 10.7. The number of anilines is 1. The molecule has 0 aliphatic carbocycles. The van der Waals surface area contributed by atoms with Gasteiger partial charge in [0.15, 0.2) is 0 Å². The normalized spacial score (nSPS) is 11.9. The number of hydrogen-bond acceptors (Lipinski definition) is 4. The highest BCUT2D eigenvalue weighted by molar-refractivity contribution is 7.92. The molecular weight excluding hydrogens is 565 g/mol. The van der Waals surface area contributed by atoms with Crippen LogP contribution in [0.15, 0.2) is 114 Å². The van der Waals surface area contributed by atoms with Crippen molar-refractivity contribution >= 4 is 27.5 Å². The van der Waals surface area contributed by atoms with Crippen LogP contribution in [0.1, 0.15) is 30.0 Å². The van der Waals surface area contributed by atoms with Crippen LogP contribution in [-0.2, 0) is 32.6 Å². The number of halogens is 1. The number of nitrogens with zero attached hydrogens (tertiary/aromatic N) is 2. The maximum atomic E-state index is 14.9. The zero-order chi connectivity index (χ0) is 30.8. The number of rotatable bonds is 13. The van der Waals surface area contributed by atoms with Crippen LogP contribution in [0.5, 0.6) is 0 Å². The van der Waals surface area contributed by atoms with Crippen LogP contribution < -0.4 is 9.62 Å². The molecule has 1 atom stereocenters. The highest BCUT2D eigenvalue weighted by Gasteiger charge is 2.34. The smallest absolute Gasteiger partial charge is 0.264 e. The highest BCUT2D eigenvalue weighted by Crippen LogP contribution is 2.26. The van der Waals surface area contributed by atoms with Crippen LogP contribution in [0, 0.1) is 12.7 Å². The van der Waals surface area contributed by atoms with Gasteiger partial charge in [0, 0.05) is 25.1 Å². The maximum absolute atomic E-state index is 14.9. The molecule has 0 spiro atoms. The average Bonchev–Trinajstić information content (AvgIpc) is 3.02. The standard InChI is InChI=1S/C34H36FN3O4S/c1-3-21-36-34(40)32(23-27-14-6-4-7-15-27)37(24-28-16-10-11-20-31(28)35)33(39)25-38(29-17-12-13-26(2)22-29)43(41,42)30-18-8-5-9-19-30/h4-20,22,32H,3,21,23-25H2,1-2H3,(H,36,40)/t32-/m0/s1. The molecule has 2 amide bonds. The van der Waals surface area contributed by atoms with E-state index in [4.69, 9.17) is 0 Å². The van der Waals surface area contributed by atoms with E-state index in [1.165, 1.54) is 23.1 Å². The number of nitrogens with one attached hydrogen (secondary N) is 1. The van der Waals surface area contributed by atoms with Gasteiger partial charge in [-0.3, -0.25) is 13.9 Å². The monoisotopic (exact) mass is 601 g/mol. The number of carbonyl (C=O) groups is 2. The molecule has 1 N–H and O–H groups in total. The van der Waals surface area contributed by atoms with E-state index in [1.54, 1.807) is 54.6 Å². The summed E-state index contributed by atoms with van der Waals surface area (Å²) in [5.74, 6) is -1.57. The van der Waals surface area contributed by atoms with Gasteiger partial charge in [-0.1, -0.05) is 85.8 Å². The number of benzene rings is 4. The van der Waals surface area contributed by atoms with E-state index in [1.807, 2.05) is 50.2 Å². The third-order valence-electron chi connectivity index (χ3n) is 7.02. The quantitative estimate of drug-likeness (QED) is 0.219. The fourth-order valence-corrected chi connectivity index (χ4v) is 6.19. The second kappa shape index (κ2) is 14.6. The molecule has 4 aromatic rings. The molecule has 0 aromatic heterocycles. The van der Waals surface area contributed by atoms with E-state index >= 15 is 0 Å². The second-order valence-electron chi connectivity index (χ2n) is 10.3. The molecule has 0 radical (unpaired) electrons. The Morgan fingerprint density at radius 3 is 2.16 bits per heavy atom. The molecule has 0 bridgehead atoms.